The van der Waals surface area contributed by atoms with Crippen molar-refractivity contribution in [3.63, 3.8) is 0 Å². The second-order valence-corrected chi connectivity index (χ2v) is 18.7. The van der Waals surface area contributed by atoms with Crippen molar-refractivity contribution in [3.8, 4) is 0 Å². The van der Waals surface area contributed by atoms with Crippen molar-refractivity contribution < 1.29 is 0 Å². The first-order valence-electron chi connectivity index (χ1n) is 5.84. The Bertz CT molecular complexity index is 155. The van der Waals surface area contributed by atoms with Crippen LogP contribution in [0.5, 0.6) is 0 Å². The molecule has 1 aliphatic heterocycles. The fourth-order valence-electron chi connectivity index (χ4n) is 1.82. The molecule has 1 heterocycles. The molecule has 0 saturated carbocycles. The van der Waals surface area contributed by atoms with Crippen LogP contribution in [0.3, 0.4) is 0 Å². The van der Waals surface area contributed by atoms with Crippen molar-refractivity contribution in [1.82, 2.24) is 0 Å². The molecule has 1 aliphatic rings. The van der Waals surface area contributed by atoms with E-state index in [4.69, 9.17) is 0 Å². The van der Waals surface area contributed by atoms with E-state index in [1.54, 1.807) is 8.87 Å². The summed E-state index contributed by atoms with van der Waals surface area (Å²) in [6.45, 7) is 4.66. The summed E-state index contributed by atoms with van der Waals surface area (Å²) in [6, 6.07) is 0. The quantitative estimate of drug-likeness (QED) is 0.621. The maximum atomic E-state index is 2.33. The number of unbranched alkanes of at least 4 members (excludes halogenated alkanes) is 2. The first kappa shape index (κ1) is 13.3. The Morgan fingerprint density at radius 2 is 1.50 bits per heavy atom. The van der Waals surface area contributed by atoms with Crippen LogP contribution in [0.4, 0.5) is 0 Å². The van der Waals surface area contributed by atoms with Gasteiger partial charge in [-0.3, -0.25) is 0 Å². The molecule has 0 spiro atoms. The first-order valence-corrected chi connectivity index (χ1v) is 14.3. The van der Waals surface area contributed by atoms with Crippen molar-refractivity contribution in [2.45, 2.75) is 51.0 Å². The van der Waals surface area contributed by atoms with Crippen LogP contribution in [0, 0.1) is 0 Å². The van der Waals surface area contributed by atoms with Crippen LogP contribution in [0.1, 0.15) is 39.5 Å². The Kier molecular flexibility index (Phi) is 7.98. The molecule has 0 aromatic carbocycles. The number of hydrogen-bond acceptors (Lipinski definition) is 2. The van der Waals surface area contributed by atoms with Gasteiger partial charge in [-0.2, -0.15) is 0 Å². The Hall–Kier alpha value is 1.24. The van der Waals surface area contributed by atoms with Crippen molar-refractivity contribution in [2.75, 3.05) is 0 Å². The van der Waals surface area contributed by atoms with E-state index >= 15 is 0 Å². The molecule has 3 heteroatoms. The third-order valence-corrected chi connectivity index (χ3v) is 21.3. The van der Waals surface area contributed by atoms with Crippen LogP contribution in [0.25, 0.3) is 0 Å². The number of thioether (sulfide) groups is 2. The van der Waals surface area contributed by atoms with Gasteiger partial charge in [-0.1, -0.05) is 0 Å². The van der Waals surface area contributed by atoms with Crippen LogP contribution in [-0.2, 0) is 0 Å². The molecule has 0 bridgehead atoms. The molecule has 0 amide bonds. The average molecular weight is 337 g/mol. The minimum absolute atomic E-state index is 1.04. The van der Waals surface area contributed by atoms with E-state index in [-0.39, 0.29) is 0 Å². The first-order chi connectivity index (χ1) is 6.88. The molecule has 14 heavy (non-hydrogen) atoms. The van der Waals surface area contributed by atoms with Crippen molar-refractivity contribution in [1.29, 1.82) is 0 Å². The fraction of sp³-hybridized carbons (Fsp3) is 0.818. The Morgan fingerprint density at radius 3 is 1.93 bits per heavy atom. The SMILES string of the molecule is CCC[CH2][SnH]([CH2]CCC)[CH]1SC=CS1. The summed E-state index contributed by atoms with van der Waals surface area (Å²) in [5, 5.41) is 4.63. The van der Waals surface area contributed by atoms with Crippen molar-refractivity contribution in [2.24, 2.45) is 0 Å². The van der Waals surface area contributed by atoms with Gasteiger partial charge in [-0.25, -0.2) is 0 Å². The topological polar surface area (TPSA) is 0 Å². The van der Waals surface area contributed by atoms with Crippen LogP contribution in [0.15, 0.2) is 10.8 Å². The third-order valence-electron chi connectivity index (χ3n) is 2.72. The van der Waals surface area contributed by atoms with E-state index in [9.17, 15) is 0 Å². The van der Waals surface area contributed by atoms with Crippen LogP contribution in [0.2, 0.25) is 8.87 Å². The zero-order valence-corrected chi connectivity index (χ0v) is 14.3. The van der Waals surface area contributed by atoms with Gasteiger partial charge < -0.3 is 0 Å². The van der Waals surface area contributed by atoms with Crippen LogP contribution < -0.4 is 0 Å². The van der Waals surface area contributed by atoms with E-state index in [2.05, 4.69) is 48.2 Å². The van der Waals surface area contributed by atoms with Gasteiger partial charge >= 0.3 is 105 Å². The summed E-state index contributed by atoms with van der Waals surface area (Å²) in [4.78, 5) is 0. The molecule has 0 N–H and O–H groups in total. The molecule has 0 radical (unpaired) electrons. The Morgan fingerprint density at radius 1 is 1.00 bits per heavy atom. The molecule has 0 unspecified atom stereocenters. The van der Waals surface area contributed by atoms with E-state index in [1.807, 2.05) is 0 Å². The minimum atomic E-state index is -1.18. The van der Waals surface area contributed by atoms with Gasteiger partial charge in [-0.05, 0) is 0 Å². The summed E-state index contributed by atoms with van der Waals surface area (Å²) >= 11 is 3.08. The Balaban J connectivity index is 2.27. The van der Waals surface area contributed by atoms with Crippen molar-refractivity contribution >= 4 is 43.3 Å². The second-order valence-electron chi connectivity index (χ2n) is 3.96. The predicted molar refractivity (Wildman–Crippen MR) is 74.7 cm³/mol. The molecule has 0 atom stereocenters. The van der Waals surface area contributed by atoms with E-state index in [1.165, 1.54) is 25.7 Å². The van der Waals surface area contributed by atoms with Gasteiger partial charge in [-0.15, -0.1) is 0 Å². The average Bonchev–Trinajstić information content (AvgIpc) is 2.71. The third kappa shape index (κ3) is 4.84. The fourth-order valence-corrected chi connectivity index (χ4v) is 20.4. The van der Waals surface area contributed by atoms with Crippen molar-refractivity contribution in [3.05, 3.63) is 10.8 Å². The maximum absolute atomic E-state index is 2.33. The molecule has 0 fully saturated rings. The molecule has 0 saturated heterocycles. The summed E-state index contributed by atoms with van der Waals surface area (Å²) in [5.41, 5.74) is 0. The van der Waals surface area contributed by atoms with Gasteiger partial charge in [0.25, 0.3) is 0 Å². The molecule has 82 valence electrons. The molecule has 1 rings (SSSR count). The number of hydrogen-bond donors (Lipinski definition) is 0. The van der Waals surface area contributed by atoms with Gasteiger partial charge in [0.1, 0.15) is 0 Å². The molecule has 0 aliphatic carbocycles. The summed E-state index contributed by atoms with van der Waals surface area (Å²) < 4.78 is 4.32. The van der Waals surface area contributed by atoms with E-state index in [0.717, 1.165) is 2.60 Å². The number of rotatable bonds is 7. The zero-order valence-electron chi connectivity index (χ0n) is 9.37. The normalized spacial score (nSPS) is 17.1. The summed E-state index contributed by atoms with van der Waals surface area (Å²) in [5.74, 6) is 0. The molecule has 0 aromatic rings. The standard InChI is InChI=1S/2C4H9.C3H3S2.Sn.H/c2*1-3-4-2;1-2-5-3-4-1;;/h2*1,3-4H2,2H3;1-3H;;. The summed E-state index contributed by atoms with van der Waals surface area (Å²) in [7, 11) is 0. The van der Waals surface area contributed by atoms with Gasteiger partial charge in [0.05, 0.1) is 0 Å². The zero-order chi connectivity index (χ0) is 10.2. The molecular weight excluding hydrogens is 315 g/mol. The summed E-state index contributed by atoms with van der Waals surface area (Å²) in [6.07, 6.45) is 5.80. The van der Waals surface area contributed by atoms with Crippen LogP contribution >= 0.6 is 23.5 Å². The predicted octanol–water partition coefficient (Wildman–Crippen LogP) is 4.63. The van der Waals surface area contributed by atoms with Gasteiger partial charge in [0.15, 0.2) is 0 Å². The monoisotopic (exact) mass is 338 g/mol. The molecule has 0 aromatic heterocycles. The second kappa shape index (κ2) is 8.40. The Labute approximate surface area is 104 Å². The van der Waals surface area contributed by atoms with Crippen LogP contribution in [-0.4, -0.2) is 22.4 Å². The van der Waals surface area contributed by atoms with E-state index < -0.39 is 19.8 Å². The van der Waals surface area contributed by atoms with Gasteiger partial charge in [0.2, 0.25) is 0 Å². The molecular formula is C11H22S2Sn. The van der Waals surface area contributed by atoms with E-state index in [0.29, 0.717) is 0 Å². The molecule has 0 nitrogen and oxygen atoms in total. The van der Waals surface area contributed by atoms with Gasteiger partial charge in [0, 0.05) is 0 Å².